The average molecular weight is 329 g/mol. The van der Waals surface area contributed by atoms with Crippen molar-refractivity contribution in [3.63, 3.8) is 0 Å². The Bertz CT molecular complexity index is 931. The fourth-order valence-electron chi connectivity index (χ4n) is 2.16. The summed E-state index contributed by atoms with van der Waals surface area (Å²) in [7, 11) is -3.83. The van der Waals surface area contributed by atoms with E-state index in [4.69, 9.17) is 5.73 Å². The van der Waals surface area contributed by atoms with E-state index in [1.165, 1.54) is 6.07 Å². The molecule has 3 N–H and O–H groups in total. The maximum absolute atomic E-state index is 12.8. The van der Waals surface area contributed by atoms with Crippen LogP contribution in [0.25, 0.3) is 0 Å². The molecule has 0 amide bonds. The number of aromatic nitrogens is 1. The number of benzene rings is 2. The van der Waals surface area contributed by atoms with E-state index >= 15 is 0 Å². The Morgan fingerprint density at radius 2 is 1.74 bits per heavy atom. The Balaban J connectivity index is 2.04. The van der Waals surface area contributed by atoms with E-state index in [0.29, 0.717) is 5.69 Å². The molecule has 7 heteroatoms. The molecule has 0 bridgehead atoms. The maximum atomic E-state index is 12.8. The average Bonchev–Trinajstić information content (AvgIpc) is 2.97. The molecule has 0 atom stereocenters. The number of nitrogen functional groups attached to an aromatic ring is 1. The highest BCUT2D eigenvalue weighted by Crippen LogP contribution is 2.32. The number of rotatable bonds is 4. The standard InChI is InChI=1S/C16H15N3O3S/c1-11-6-8-12(9-7-11)19-13-4-2-3-5-14(13)23(20,21)15-10-18-22-16(15)17/h2-10,19H,17H2,1H3. The van der Waals surface area contributed by atoms with Gasteiger partial charge in [-0.05, 0) is 31.2 Å². The Labute approximate surface area is 133 Å². The third-order valence-corrected chi connectivity index (χ3v) is 5.18. The van der Waals surface area contributed by atoms with Gasteiger partial charge in [0, 0.05) is 5.69 Å². The first-order chi connectivity index (χ1) is 11.0. The van der Waals surface area contributed by atoms with Gasteiger partial charge in [0.25, 0.3) is 0 Å². The second kappa shape index (κ2) is 5.77. The fraction of sp³-hybridized carbons (Fsp3) is 0.0625. The van der Waals surface area contributed by atoms with Crippen molar-refractivity contribution >= 4 is 27.1 Å². The van der Waals surface area contributed by atoms with Crippen LogP contribution in [0.5, 0.6) is 0 Å². The van der Waals surface area contributed by atoms with E-state index in [-0.39, 0.29) is 15.7 Å². The summed E-state index contributed by atoms with van der Waals surface area (Å²) < 4.78 is 30.2. The summed E-state index contributed by atoms with van der Waals surface area (Å²) in [5, 5.41) is 6.55. The third kappa shape index (κ3) is 2.91. The van der Waals surface area contributed by atoms with Crippen molar-refractivity contribution in [3.8, 4) is 0 Å². The molecular weight excluding hydrogens is 314 g/mol. The lowest BCUT2D eigenvalue weighted by Crippen LogP contribution is -2.06. The van der Waals surface area contributed by atoms with E-state index in [0.717, 1.165) is 17.4 Å². The molecule has 1 heterocycles. The van der Waals surface area contributed by atoms with E-state index in [1.807, 2.05) is 31.2 Å². The summed E-state index contributed by atoms with van der Waals surface area (Å²) in [6.45, 7) is 1.98. The number of hydrogen-bond acceptors (Lipinski definition) is 6. The Morgan fingerprint density at radius 3 is 2.39 bits per heavy atom. The number of para-hydroxylation sites is 1. The molecule has 0 aliphatic rings. The monoisotopic (exact) mass is 329 g/mol. The molecule has 6 nitrogen and oxygen atoms in total. The van der Waals surface area contributed by atoms with Crippen molar-refractivity contribution in [2.24, 2.45) is 0 Å². The zero-order valence-corrected chi connectivity index (χ0v) is 13.2. The molecule has 1 aromatic heterocycles. The summed E-state index contributed by atoms with van der Waals surface area (Å²) in [6.07, 6.45) is 1.10. The molecule has 23 heavy (non-hydrogen) atoms. The molecule has 0 aliphatic heterocycles. The van der Waals surface area contributed by atoms with E-state index in [2.05, 4.69) is 15.0 Å². The Hall–Kier alpha value is -2.80. The van der Waals surface area contributed by atoms with Crippen molar-refractivity contribution in [1.82, 2.24) is 5.16 Å². The molecule has 2 aromatic carbocycles. The normalized spacial score (nSPS) is 11.3. The molecule has 0 spiro atoms. The molecule has 0 radical (unpaired) electrons. The van der Waals surface area contributed by atoms with Gasteiger partial charge in [-0.3, -0.25) is 0 Å². The number of nitrogens with two attached hydrogens (primary N) is 1. The molecule has 0 saturated heterocycles. The van der Waals surface area contributed by atoms with Crippen LogP contribution in [-0.2, 0) is 9.84 Å². The van der Waals surface area contributed by atoms with Gasteiger partial charge in [0.05, 0.1) is 16.8 Å². The first-order valence-electron chi connectivity index (χ1n) is 6.86. The fourth-order valence-corrected chi connectivity index (χ4v) is 3.54. The largest absolute Gasteiger partial charge is 0.366 e. The molecule has 0 aliphatic carbocycles. The highest BCUT2D eigenvalue weighted by molar-refractivity contribution is 7.91. The molecule has 3 rings (SSSR count). The Morgan fingerprint density at radius 1 is 1.04 bits per heavy atom. The van der Waals surface area contributed by atoms with Gasteiger partial charge in [0.1, 0.15) is 0 Å². The highest BCUT2D eigenvalue weighted by Gasteiger charge is 2.26. The Kier molecular flexibility index (Phi) is 3.79. The van der Waals surface area contributed by atoms with Gasteiger partial charge < -0.3 is 15.6 Å². The van der Waals surface area contributed by atoms with Crippen LogP contribution in [0.3, 0.4) is 0 Å². The van der Waals surface area contributed by atoms with Crippen molar-refractivity contribution in [2.45, 2.75) is 16.7 Å². The van der Waals surface area contributed by atoms with Gasteiger partial charge in [-0.25, -0.2) is 8.42 Å². The lowest BCUT2D eigenvalue weighted by Gasteiger charge is -2.12. The minimum Gasteiger partial charge on any atom is -0.366 e. The van der Waals surface area contributed by atoms with Crippen molar-refractivity contribution in [1.29, 1.82) is 0 Å². The topological polar surface area (TPSA) is 98.2 Å². The number of aryl methyl sites for hydroxylation is 1. The minimum atomic E-state index is -3.83. The summed E-state index contributed by atoms with van der Waals surface area (Å²) in [5.74, 6) is -0.227. The van der Waals surface area contributed by atoms with Crippen LogP contribution < -0.4 is 11.1 Å². The van der Waals surface area contributed by atoms with Crippen LogP contribution in [0.4, 0.5) is 17.3 Å². The molecule has 0 fully saturated rings. The van der Waals surface area contributed by atoms with Crippen molar-refractivity contribution < 1.29 is 12.9 Å². The molecule has 118 valence electrons. The molecule has 0 unspecified atom stereocenters. The van der Waals surface area contributed by atoms with E-state index in [1.54, 1.807) is 18.2 Å². The number of anilines is 3. The van der Waals surface area contributed by atoms with Crippen LogP contribution in [0.15, 0.2) is 69.0 Å². The molecular formula is C16H15N3O3S. The van der Waals surface area contributed by atoms with Crippen LogP contribution in [0, 0.1) is 6.92 Å². The zero-order valence-electron chi connectivity index (χ0n) is 12.4. The first kappa shape index (κ1) is 15.1. The van der Waals surface area contributed by atoms with E-state index < -0.39 is 9.84 Å². The van der Waals surface area contributed by atoms with Gasteiger partial charge in [-0.2, -0.15) is 0 Å². The van der Waals surface area contributed by atoms with Crippen LogP contribution >= 0.6 is 0 Å². The summed E-state index contributed by atoms with van der Waals surface area (Å²) in [4.78, 5) is -0.0360. The second-order valence-corrected chi connectivity index (χ2v) is 6.93. The number of sulfone groups is 1. The maximum Gasteiger partial charge on any atom is 0.241 e. The first-order valence-corrected chi connectivity index (χ1v) is 8.35. The number of hydrogen-bond donors (Lipinski definition) is 2. The highest BCUT2D eigenvalue weighted by atomic mass is 32.2. The number of nitrogens with zero attached hydrogens (tertiary/aromatic N) is 1. The van der Waals surface area contributed by atoms with Gasteiger partial charge in [0.2, 0.25) is 15.7 Å². The quantitative estimate of drug-likeness (QED) is 0.763. The second-order valence-electron chi connectivity index (χ2n) is 5.04. The lowest BCUT2D eigenvalue weighted by atomic mass is 10.2. The van der Waals surface area contributed by atoms with Gasteiger partial charge in [-0.1, -0.05) is 35.0 Å². The van der Waals surface area contributed by atoms with Gasteiger partial charge in [-0.15, -0.1) is 0 Å². The molecule has 3 aromatic rings. The number of nitrogens with one attached hydrogen (secondary N) is 1. The van der Waals surface area contributed by atoms with E-state index in [9.17, 15) is 8.42 Å². The van der Waals surface area contributed by atoms with Crippen molar-refractivity contribution in [2.75, 3.05) is 11.1 Å². The van der Waals surface area contributed by atoms with Gasteiger partial charge >= 0.3 is 0 Å². The SMILES string of the molecule is Cc1ccc(Nc2ccccc2S(=O)(=O)c2cnoc2N)cc1. The lowest BCUT2D eigenvalue weighted by molar-refractivity contribution is 0.435. The molecule has 0 saturated carbocycles. The van der Waals surface area contributed by atoms with Crippen LogP contribution in [0.1, 0.15) is 5.56 Å². The zero-order chi connectivity index (χ0) is 16.4. The van der Waals surface area contributed by atoms with Gasteiger partial charge in [0.15, 0.2) is 4.90 Å². The van der Waals surface area contributed by atoms with Crippen LogP contribution in [-0.4, -0.2) is 13.6 Å². The van der Waals surface area contributed by atoms with Crippen LogP contribution in [0.2, 0.25) is 0 Å². The predicted molar refractivity (Wildman–Crippen MR) is 87.3 cm³/mol. The summed E-state index contributed by atoms with van der Waals surface area (Å²) in [5.41, 5.74) is 7.92. The smallest absolute Gasteiger partial charge is 0.241 e. The third-order valence-electron chi connectivity index (χ3n) is 3.36. The van der Waals surface area contributed by atoms with Crippen molar-refractivity contribution in [3.05, 3.63) is 60.3 Å². The minimum absolute atomic E-state index is 0.107. The summed E-state index contributed by atoms with van der Waals surface area (Å²) >= 11 is 0. The predicted octanol–water partition coefficient (Wildman–Crippen LogP) is 3.14. The summed E-state index contributed by atoms with van der Waals surface area (Å²) in [6, 6.07) is 14.3.